The van der Waals surface area contributed by atoms with E-state index < -0.39 is 11.2 Å². The van der Waals surface area contributed by atoms with Crippen LogP contribution in [0.15, 0.2) is 9.59 Å². The molecule has 1 N–H and O–H groups in total. The zero-order chi connectivity index (χ0) is 13.3. The molecule has 0 atom stereocenters. The van der Waals surface area contributed by atoms with Crippen LogP contribution in [-0.2, 0) is 18.8 Å². The summed E-state index contributed by atoms with van der Waals surface area (Å²) in [7, 11) is 4.63. The second kappa shape index (κ2) is 4.56. The standard InChI is InChI=1S/C11H18N4O3/c1-14-9(16)8(13-15(2)10(14)17)12-7-11(18-3)5-4-6-11/h4-7H2,1-3H3,(H,12,13). The normalized spacial score (nSPS) is 17.3. The van der Waals surface area contributed by atoms with Crippen molar-refractivity contribution in [3.05, 3.63) is 20.8 Å². The van der Waals surface area contributed by atoms with Crippen molar-refractivity contribution in [3.8, 4) is 0 Å². The molecule has 0 amide bonds. The lowest BCUT2D eigenvalue weighted by atomic mass is 9.80. The highest BCUT2D eigenvalue weighted by atomic mass is 16.5. The molecular formula is C11H18N4O3. The molecule has 18 heavy (non-hydrogen) atoms. The third-order valence-electron chi connectivity index (χ3n) is 3.60. The Hall–Kier alpha value is -1.63. The van der Waals surface area contributed by atoms with E-state index in [9.17, 15) is 9.59 Å². The quantitative estimate of drug-likeness (QED) is 0.780. The molecule has 0 saturated heterocycles. The summed E-state index contributed by atoms with van der Waals surface area (Å²) < 4.78 is 7.63. The monoisotopic (exact) mass is 254 g/mol. The molecule has 1 aromatic heterocycles. The number of anilines is 1. The molecule has 0 unspecified atom stereocenters. The molecular weight excluding hydrogens is 236 g/mol. The maximum absolute atomic E-state index is 11.8. The Bertz CT molecular complexity index is 551. The molecule has 0 spiro atoms. The molecule has 1 saturated carbocycles. The third-order valence-corrected chi connectivity index (χ3v) is 3.60. The fourth-order valence-electron chi connectivity index (χ4n) is 2.08. The van der Waals surface area contributed by atoms with Crippen LogP contribution in [0.5, 0.6) is 0 Å². The van der Waals surface area contributed by atoms with Crippen LogP contribution < -0.4 is 16.6 Å². The summed E-state index contributed by atoms with van der Waals surface area (Å²) in [5.74, 6) is 0.183. The second-order valence-electron chi connectivity index (χ2n) is 4.71. The van der Waals surface area contributed by atoms with Crippen molar-refractivity contribution in [1.29, 1.82) is 0 Å². The van der Waals surface area contributed by atoms with Crippen molar-refractivity contribution >= 4 is 5.82 Å². The van der Waals surface area contributed by atoms with E-state index in [1.807, 2.05) is 0 Å². The van der Waals surface area contributed by atoms with Gasteiger partial charge in [0.25, 0.3) is 5.56 Å². The van der Waals surface area contributed by atoms with Crippen molar-refractivity contribution in [2.75, 3.05) is 19.0 Å². The van der Waals surface area contributed by atoms with Gasteiger partial charge < -0.3 is 10.1 Å². The summed E-state index contributed by atoms with van der Waals surface area (Å²) >= 11 is 0. The Kier molecular flexibility index (Phi) is 3.25. The zero-order valence-electron chi connectivity index (χ0n) is 10.9. The lowest BCUT2D eigenvalue weighted by Gasteiger charge is -2.40. The fourth-order valence-corrected chi connectivity index (χ4v) is 2.08. The molecule has 1 fully saturated rings. The molecule has 1 aliphatic carbocycles. The van der Waals surface area contributed by atoms with Crippen molar-refractivity contribution in [2.45, 2.75) is 24.9 Å². The topological polar surface area (TPSA) is 78.2 Å². The first-order chi connectivity index (χ1) is 8.49. The van der Waals surface area contributed by atoms with E-state index in [1.165, 1.54) is 14.1 Å². The highest BCUT2D eigenvalue weighted by Gasteiger charge is 2.37. The second-order valence-corrected chi connectivity index (χ2v) is 4.71. The van der Waals surface area contributed by atoms with E-state index in [-0.39, 0.29) is 11.4 Å². The molecule has 1 aromatic rings. The summed E-state index contributed by atoms with van der Waals surface area (Å²) in [4.78, 5) is 23.3. The van der Waals surface area contributed by atoms with Gasteiger partial charge >= 0.3 is 5.69 Å². The van der Waals surface area contributed by atoms with Gasteiger partial charge in [0.05, 0.1) is 5.60 Å². The first kappa shape index (κ1) is 12.8. The van der Waals surface area contributed by atoms with E-state index in [2.05, 4.69) is 10.4 Å². The number of aryl methyl sites for hydroxylation is 1. The molecule has 0 bridgehead atoms. The number of aromatic nitrogens is 3. The zero-order valence-corrected chi connectivity index (χ0v) is 10.9. The number of nitrogens with one attached hydrogen (secondary N) is 1. The summed E-state index contributed by atoms with van der Waals surface area (Å²) in [6.07, 6.45) is 3.08. The minimum absolute atomic E-state index is 0.183. The van der Waals surface area contributed by atoms with Gasteiger partial charge in [-0.2, -0.15) is 0 Å². The number of hydrogen-bond donors (Lipinski definition) is 1. The average Bonchev–Trinajstić information content (AvgIpc) is 2.32. The molecule has 1 heterocycles. The number of rotatable bonds is 4. The van der Waals surface area contributed by atoms with Crippen molar-refractivity contribution in [2.24, 2.45) is 14.1 Å². The molecule has 2 rings (SSSR count). The highest BCUT2D eigenvalue weighted by Crippen LogP contribution is 2.34. The van der Waals surface area contributed by atoms with Crippen LogP contribution in [0.4, 0.5) is 5.82 Å². The van der Waals surface area contributed by atoms with Crippen LogP contribution >= 0.6 is 0 Å². The smallest absolute Gasteiger partial charge is 0.346 e. The van der Waals surface area contributed by atoms with E-state index >= 15 is 0 Å². The van der Waals surface area contributed by atoms with Gasteiger partial charge in [0, 0.05) is 27.7 Å². The van der Waals surface area contributed by atoms with Crippen LogP contribution in [0.2, 0.25) is 0 Å². The summed E-state index contributed by atoms with van der Waals surface area (Å²) in [6, 6.07) is 0. The minimum atomic E-state index is -0.435. The fraction of sp³-hybridized carbons (Fsp3) is 0.727. The van der Waals surface area contributed by atoms with Crippen LogP contribution in [0, 0.1) is 0 Å². The summed E-state index contributed by atoms with van der Waals surface area (Å²) in [5, 5.41) is 6.92. The van der Waals surface area contributed by atoms with Gasteiger partial charge in [0.1, 0.15) is 0 Å². The highest BCUT2D eigenvalue weighted by molar-refractivity contribution is 5.30. The van der Waals surface area contributed by atoms with Crippen molar-refractivity contribution < 1.29 is 4.74 Å². The first-order valence-electron chi connectivity index (χ1n) is 5.92. The summed E-state index contributed by atoms with van der Waals surface area (Å²) in [5.41, 5.74) is -1.04. The van der Waals surface area contributed by atoms with Gasteiger partial charge in [-0.1, -0.05) is 0 Å². The van der Waals surface area contributed by atoms with Gasteiger partial charge in [0.2, 0.25) is 5.82 Å². The van der Waals surface area contributed by atoms with Crippen molar-refractivity contribution in [3.63, 3.8) is 0 Å². The predicted molar refractivity (Wildman–Crippen MR) is 66.8 cm³/mol. The average molecular weight is 254 g/mol. The first-order valence-corrected chi connectivity index (χ1v) is 5.92. The van der Waals surface area contributed by atoms with Crippen LogP contribution in [0.3, 0.4) is 0 Å². The molecule has 7 heteroatoms. The number of hydrogen-bond acceptors (Lipinski definition) is 5. The molecule has 100 valence electrons. The van der Waals surface area contributed by atoms with Gasteiger partial charge in [0.15, 0.2) is 0 Å². The van der Waals surface area contributed by atoms with Gasteiger partial charge in [-0.25, -0.2) is 9.48 Å². The Labute approximate surface area is 104 Å². The molecule has 0 radical (unpaired) electrons. The van der Waals surface area contributed by atoms with E-state index in [0.717, 1.165) is 28.5 Å². The van der Waals surface area contributed by atoms with E-state index in [1.54, 1.807) is 7.11 Å². The maximum atomic E-state index is 11.8. The van der Waals surface area contributed by atoms with Crippen LogP contribution in [0.1, 0.15) is 19.3 Å². The third kappa shape index (κ3) is 2.05. The van der Waals surface area contributed by atoms with Gasteiger partial charge in [-0.15, -0.1) is 5.10 Å². The SMILES string of the molecule is COC1(CNc2nn(C)c(=O)n(C)c2=O)CCC1. The molecule has 7 nitrogen and oxygen atoms in total. The lowest BCUT2D eigenvalue weighted by molar-refractivity contribution is -0.0602. The Balaban J connectivity index is 2.20. The Morgan fingerprint density at radius 2 is 2.06 bits per heavy atom. The summed E-state index contributed by atoms with van der Waals surface area (Å²) in [6.45, 7) is 0.532. The molecule has 1 aliphatic rings. The number of ether oxygens (including phenoxy) is 1. The van der Waals surface area contributed by atoms with E-state index in [4.69, 9.17) is 4.74 Å². The number of methoxy groups -OCH3 is 1. The Morgan fingerprint density at radius 3 is 2.56 bits per heavy atom. The van der Waals surface area contributed by atoms with Gasteiger partial charge in [-0.3, -0.25) is 9.36 Å². The Morgan fingerprint density at radius 1 is 1.39 bits per heavy atom. The lowest BCUT2D eigenvalue weighted by Crippen LogP contribution is -2.47. The number of nitrogens with zero attached hydrogens (tertiary/aromatic N) is 3. The maximum Gasteiger partial charge on any atom is 0.346 e. The van der Waals surface area contributed by atoms with Crippen LogP contribution in [0.25, 0.3) is 0 Å². The molecule has 0 aliphatic heterocycles. The molecule has 0 aromatic carbocycles. The largest absolute Gasteiger partial charge is 0.376 e. The van der Waals surface area contributed by atoms with Crippen molar-refractivity contribution in [1.82, 2.24) is 14.3 Å². The van der Waals surface area contributed by atoms with Gasteiger partial charge in [-0.05, 0) is 19.3 Å². The van der Waals surface area contributed by atoms with Crippen LogP contribution in [-0.4, -0.2) is 33.6 Å². The minimum Gasteiger partial charge on any atom is -0.376 e. The van der Waals surface area contributed by atoms with E-state index in [0.29, 0.717) is 6.54 Å². The predicted octanol–water partition coefficient (Wildman–Crippen LogP) is -0.540.